The van der Waals surface area contributed by atoms with Crippen LogP contribution in [0.2, 0.25) is 0 Å². The minimum Gasteiger partial charge on any atom is -0.496 e. The van der Waals surface area contributed by atoms with Crippen LogP contribution >= 0.6 is 0 Å². The molecule has 1 unspecified atom stereocenters. The molecule has 1 heterocycles. The predicted molar refractivity (Wildman–Crippen MR) is 103 cm³/mol. The van der Waals surface area contributed by atoms with Crippen molar-refractivity contribution < 1.29 is 14.3 Å². The van der Waals surface area contributed by atoms with Crippen molar-refractivity contribution in [3.8, 4) is 5.75 Å². The van der Waals surface area contributed by atoms with E-state index in [9.17, 15) is 9.59 Å². The number of amides is 2. The molecule has 5 nitrogen and oxygen atoms in total. The van der Waals surface area contributed by atoms with E-state index in [0.29, 0.717) is 23.7 Å². The molecule has 1 atom stereocenters. The number of benzene rings is 2. The fourth-order valence-electron chi connectivity index (χ4n) is 4.11. The summed E-state index contributed by atoms with van der Waals surface area (Å²) < 4.78 is 5.50. The Bertz CT molecular complexity index is 828. The number of fused-ring (bicyclic) bond motifs is 2. The van der Waals surface area contributed by atoms with Gasteiger partial charge in [-0.3, -0.25) is 14.5 Å². The second kappa shape index (κ2) is 7.53. The van der Waals surface area contributed by atoms with Gasteiger partial charge >= 0.3 is 0 Å². The molecule has 0 spiro atoms. The molecule has 27 heavy (non-hydrogen) atoms. The lowest BCUT2D eigenvalue weighted by Crippen LogP contribution is -2.37. The Morgan fingerprint density at radius 3 is 2.52 bits per heavy atom. The third-order valence-electron chi connectivity index (χ3n) is 5.53. The molecule has 0 fully saturated rings. The minimum absolute atomic E-state index is 0.174. The van der Waals surface area contributed by atoms with Gasteiger partial charge in [-0.05, 0) is 61.6 Å². The van der Waals surface area contributed by atoms with Crippen molar-refractivity contribution in [3.05, 3.63) is 64.7 Å². The number of hydrogen-bond acceptors (Lipinski definition) is 4. The molecule has 0 bridgehead atoms. The third kappa shape index (κ3) is 3.35. The SMILES string of the molecule is COc1cccc2c1CC(NCCCN1C(=O)c3ccccc3C1=O)CC2. The normalized spacial score (nSPS) is 18.4. The topological polar surface area (TPSA) is 58.6 Å². The summed E-state index contributed by atoms with van der Waals surface area (Å²) in [6.45, 7) is 1.23. The summed E-state index contributed by atoms with van der Waals surface area (Å²) in [5.41, 5.74) is 3.71. The molecule has 2 amide bonds. The average molecular weight is 364 g/mol. The van der Waals surface area contributed by atoms with Crippen LogP contribution in [0.25, 0.3) is 0 Å². The maximum absolute atomic E-state index is 12.4. The third-order valence-corrected chi connectivity index (χ3v) is 5.53. The van der Waals surface area contributed by atoms with Crippen LogP contribution in [0, 0.1) is 0 Å². The van der Waals surface area contributed by atoms with E-state index in [4.69, 9.17) is 4.74 Å². The number of aryl methyl sites for hydroxylation is 1. The number of carbonyl (C=O) groups excluding carboxylic acids is 2. The van der Waals surface area contributed by atoms with Crippen LogP contribution < -0.4 is 10.1 Å². The van der Waals surface area contributed by atoms with Crippen molar-refractivity contribution in [1.29, 1.82) is 0 Å². The van der Waals surface area contributed by atoms with E-state index in [0.717, 1.165) is 38.0 Å². The van der Waals surface area contributed by atoms with Gasteiger partial charge in [0, 0.05) is 12.6 Å². The van der Waals surface area contributed by atoms with Crippen molar-refractivity contribution in [2.75, 3.05) is 20.2 Å². The molecule has 1 aliphatic carbocycles. The molecule has 5 heteroatoms. The highest BCUT2D eigenvalue weighted by atomic mass is 16.5. The van der Waals surface area contributed by atoms with Crippen molar-refractivity contribution in [2.24, 2.45) is 0 Å². The summed E-state index contributed by atoms with van der Waals surface area (Å²) in [5, 5.41) is 3.58. The lowest BCUT2D eigenvalue weighted by Gasteiger charge is -2.27. The molecule has 0 aromatic heterocycles. The first kappa shape index (κ1) is 17.7. The van der Waals surface area contributed by atoms with E-state index in [1.54, 1.807) is 31.4 Å². The van der Waals surface area contributed by atoms with Crippen LogP contribution in [-0.2, 0) is 12.8 Å². The molecule has 2 aromatic carbocycles. The van der Waals surface area contributed by atoms with Crippen LogP contribution in [0.3, 0.4) is 0 Å². The van der Waals surface area contributed by atoms with Gasteiger partial charge in [0.25, 0.3) is 11.8 Å². The molecular weight excluding hydrogens is 340 g/mol. The smallest absolute Gasteiger partial charge is 0.261 e. The fraction of sp³-hybridized carbons (Fsp3) is 0.364. The quantitative estimate of drug-likeness (QED) is 0.633. The molecule has 1 aliphatic heterocycles. The molecule has 140 valence electrons. The second-order valence-corrected chi connectivity index (χ2v) is 7.15. The Morgan fingerprint density at radius 2 is 1.81 bits per heavy atom. The van der Waals surface area contributed by atoms with E-state index in [1.165, 1.54) is 16.0 Å². The van der Waals surface area contributed by atoms with Crippen molar-refractivity contribution >= 4 is 11.8 Å². The Hall–Kier alpha value is -2.66. The van der Waals surface area contributed by atoms with Gasteiger partial charge < -0.3 is 10.1 Å². The number of ether oxygens (including phenoxy) is 1. The average Bonchev–Trinajstić information content (AvgIpc) is 2.95. The molecule has 0 radical (unpaired) electrons. The summed E-state index contributed by atoms with van der Waals surface area (Å²) in [6.07, 6.45) is 3.84. The number of methoxy groups -OCH3 is 1. The van der Waals surface area contributed by atoms with Gasteiger partial charge in [-0.1, -0.05) is 24.3 Å². The van der Waals surface area contributed by atoms with E-state index in [2.05, 4.69) is 11.4 Å². The summed E-state index contributed by atoms with van der Waals surface area (Å²) in [4.78, 5) is 26.1. The van der Waals surface area contributed by atoms with Gasteiger partial charge in [-0.25, -0.2) is 0 Å². The standard InChI is InChI=1S/C22H24N2O3/c1-27-20-9-4-6-15-10-11-16(14-19(15)20)23-12-5-13-24-21(25)17-7-2-3-8-18(17)22(24)26/h2-4,6-9,16,23H,5,10-14H2,1H3. The van der Waals surface area contributed by atoms with Crippen LogP contribution in [0.1, 0.15) is 44.7 Å². The van der Waals surface area contributed by atoms with Crippen molar-refractivity contribution in [1.82, 2.24) is 10.2 Å². The van der Waals surface area contributed by atoms with E-state index in [-0.39, 0.29) is 11.8 Å². The summed E-state index contributed by atoms with van der Waals surface area (Å²) >= 11 is 0. The fourth-order valence-corrected chi connectivity index (χ4v) is 4.11. The van der Waals surface area contributed by atoms with E-state index < -0.39 is 0 Å². The zero-order chi connectivity index (χ0) is 18.8. The number of imide groups is 1. The molecule has 4 rings (SSSR count). The van der Waals surface area contributed by atoms with Crippen LogP contribution in [0.5, 0.6) is 5.75 Å². The minimum atomic E-state index is -0.174. The molecule has 2 aliphatic rings. The highest BCUT2D eigenvalue weighted by molar-refractivity contribution is 6.21. The maximum atomic E-state index is 12.4. The predicted octanol–water partition coefficient (Wildman–Crippen LogP) is 2.83. The highest BCUT2D eigenvalue weighted by Crippen LogP contribution is 2.29. The summed E-state index contributed by atoms with van der Waals surface area (Å²) in [5.74, 6) is 0.615. The van der Waals surface area contributed by atoms with Crippen molar-refractivity contribution in [3.63, 3.8) is 0 Å². The largest absolute Gasteiger partial charge is 0.496 e. The lowest BCUT2D eigenvalue weighted by molar-refractivity contribution is 0.0652. The van der Waals surface area contributed by atoms with Crippen molar-refractivity contribution in [2.45, 2.75) is 31.7 Å². The zero-order valence-corrected chi connectivity index (χ0v) is 15.5. The Morgan fingerprint density at radius 1 is 1.07 bits per heavy atom. The van der Waals surface area contributed by atoms with E-state index in [1.807, 2.05) is 12.1 Å². The summed E-state index contributed by atoms with van der Waals surface area (Å²) in [7, 11) is 1.72. The van der Waals surface area contributed by atoms with Gasteiger partial charge in [0.05, 0.1) is 18.2 Å². The zero-order valence-electron chi connectivity index (χ0n) is 15.5. The van der Waals surface area contributed by atoms with Crippen LogP contribution in [0.4, 0.5) is 0 Å². The molecule has 0 saturated heterocycles. The number of nitrogens with one attached hydrogen (secondary N) is 1. The van der Waals surface area contributed by atoms with Crippen LogP contribution in [-0.4, -0.2) is 43.0 Å². The Kier molecular flexibility index (Phi) is 4.94. The number of carbonyl (C=O) groups is 2. The monoisotopic (exact) mass is 364 g/mol. The molecule has 0 saturated carbocycles. The Balaban J connectivity index is 1.29. The van der Waals surface area contributed by atoms with Gasteiger partial charge in [0.1, 0.15) is 5.75 Å². The van der Waals surface area contributed by atoms with Gasteiger partial charge in [-0.2, -0.15) is 0 Å². The molecular formula is C22H24N2O3. The first-order valence-electron chi connectivity index (χ1n) is 9.52. The molecule has 2 aromatic rings. The Labute approximate surface area is 159 Å². The first-order chi connectivity index (χ1) is 13.2. The summed E-state index contributed by atoms with van der Waals surface area (Å²) in [6, 6.07) is 13.7. The van der Waals surface area contributed by atoms with Gasteiger partial charge in [0.2, 0.25) is 0 Å². The van der Waals surface area contributed by atoms with E-state index >= 15 is 0 Å². The second-order valence-electron chi connectivity index (χ2n) is 7.15. The highest BCUT2D eigenvalue weighted by Gasteiger charge is 2.34. The number of nitrogens with zero attached hydrogens (tertiary/aromatic N) is 1. The number of rotatable bonds is 6. The first-order valence-corrected chi connectivity index (χ1v) is 9.52. The lowest BCUT2D eigenvalue weighted by atomic mass is 9.87. The molecule has 1 N–H and O–H groups in total. The van der Waals surface area contributed by atoms with Crippen LogP contribution in [0.15, 0.2) is 42.5 Å². The van der Waals surface area contributed by atoms with Gasteiger partial charge in [0.15, 0.2) is 0 Å². The number of hydrogen-bond donors (Lipinski definition) is 1. The maximum Gasteiger partial charge on any atom is 0.261 e. The van der Waals surface area contributed by atoms with Gasteiger partial charge in [-0.15, -0.1) is 0 Å².